The maximum Gasteiger partial charge on any atom is 0.306 e. The first-order chi connectivity index (χ1) is 14.1. The van der Waals surface area contributed by atoms with Gasteiger partial charge in [0.15, 0.2) is 0 Å². The molecule has 0 aromatic heterocycles. The third-order valence-corrected chi connectivity index (χ3v) is 10.00. The first-order valence-corrected chi connectivity index (χ1v) is 12.5. The Morgan fingerprint density at radius 2 is 1.87 bits per heavy atom. The summed E-state index contributed by atoms with van der Waals surface area (Å²) in [6, 6.07) is 0. The zero-order chi connectivity index (χ0) is 21.7. The Labute approximate surface area is 182 Å². The van der Waals surface area contributed by atoms with Crippen LogP contribution in [0.2, 0.25) is 0 Å². The van der Waals surface area contributed by atoms with E-state index in [1.54, 1.807) is 0 Å². The van der Waals surface area contributed by atoms with Crippen LogP contribution in [0, 0.1) is 40.4 Å². The van der Waals surface area contributed by atoms with E-state index in [1.165, 1.54) is 25.7 Å². The summed E-state index contributed by atoms with van der Waals surface area (Å²) in [6.45, 7) is 8.72. The fourth-order valence-corrected chi connectivity index (χ4v) is 8.41. The standard InChI is InChI=1S/C26H42O4/c1-16(2)30-23(29)7-5-6-17-8-9-20-24-21(11-13-25(17,20)3)26(4)12-10-19(27)14-18(26)15-22(24)28/h16-18,20-22,24,28H,5-15H2,1-4H3/t17-,18?,20?,21?,22?,24?,25+,26-/m0/s1. The van der Waals surface area contributed by atoms with Gasteiger partial charge in [-0.1, -0.05) is 13.8 Å². The van der Waals surface area contributed by atoms with E-state index in [0.29, 0.717) is 48.2 Å². The van der Waals surface area contributed by atoms with Crippen molar-refractivity contribution in [2.45, 2.75) is 111 Å². The predicted molar refractivity (Wildman–Crippen MR) is 117 cm³/mol. The third-order valence-electron chi connectivity index (χ3n) is 10.00. The van der Waals surface area contributed by atoms with Gasteiger partial charge in [0.25, 0.3) is 0 Å². The SMILES string of the molecule is CC(C)OC(=O)CCC[C@H]1CCC2C3C(O)CC4CC(=O)CC[C@]4(C)C3CC[C@@]21C. The highest BCUT2D eigenvalue weighted by molar-refractivity contribution is 5.79. The molecule has 4 rings (SSSR count). The molecule has 0 radical (unpaired) electrons. The van der Waals surface area contributed by atoms with E-state index in [4.69, 9.17) is 4.74 Å². The Bertz CT molecular complexity index is 672. The van der Waals surface area contributed by atoms with Gasteiger partial charge in [-0.3, -0.25) is 9.59 Å². The molecule has 4 nitrogen and oxygen atoms in total. The monoisotopic (exact) mass is 418 g/mol. The van der Waals surface area contributed by atoms with Gasteiger partial charge < -0.3 is 9.84 Å². The van der Waals surface area contributed by atoms with Crippen molar-refractivity contribution in [1.82, 2.24) is 0 Å². The maximum atomic E-state index is 12.1. The summed E-state index contributed by atoms with van der Waals surface area (Å²) in [4.78, 5) is 24.0. The van der Waals surface area contributed by atoms with Gasteiger partial charge >= 0.3 is 5.97 Å². The van der Waals surface area contributed by atoms with Gasteiger partial charge in [-0.15, -0.1) is 0 Å². The molecule has 0 aromatic carbocycles. The Morgan fingerprint density at radius 1 is 1.13 bits per heavy atom. The van der Waals surface area contributed by atoms with Crippen LogP contribution in [-0.4, -0.2) is 29.1 Å². The van der Waals surface area contributed by atoms with Crippen LogP contribution in [0.1, 0.15) is 98.3 Å². The molecule has 30 heavy (non-hydrogen) atoms. The van der Waals surface area contributed by atoms with Gasteiger partial charge in [-0.2, -0.15) is 0 Å². The molecule has 4 aliphatic rings. The number of carbonyl (C=O) groups excluding carboxylic acids is 2. The molecule has 0 aliphatic heterocycles. The van der Waals surface area contributed by atoms with E-state index in [0.717, 1.165) is 32.1 Å². The number of fused-ring (bicyclic) bond motifs is 5. The largest absolute Gasteiger partial charge is 0.463 e. The van der Waals surface area contributed by atoms with Crippen molar-refractivity contribution < 1.29 is 19.4 Å². The predicted octanol–water partition coefficient (Wildman–Crippen LogP) is 5.31. The summed E-state index contributed by atoms with van der Waals surface area (Å²) in [5.74, 6) is 2.92. The fourth-order valence-electron chi connectivity index (χ4n) is 8.41. The van der Waals surface area contributed by atoms with Crippen molar-refractivity contribution in [2.75, 3.05) is 0 Å². The molecule has 0 amide bonds. The molecule has 1 N–H and O–H groups in total. The second-order valence-electron chi connectivity index (χ2n) is 11.8. The van der Waals surface area contributed by atoms with Crippen molar-refractivity contribution in [2.24, 2.45) is 40.4 Å². The molecule has 0 saturated heterocycles. The van der Waals surface area contributed by atoms with Gasteiger partial charge in [0.1, 0.15) is 5.78 Å². The van der Waals surface area contributed by atoms with E-state index in [-0.39, 0.29) is 29.0 Å². The van der Waals surface area contributed by atoms with Gasteiger partial charge in [0.05, 0.1) is 12.2 Å². The molecule has 0 bridgehead atoms. The number of rotatable bonds is 5. The van der Waals surface area contributed by atoms with Crippen LogP contribution in [-0.2, 0) is 14.3 Å². The fraction of sp³-hybridized carbons (Fsp3) is 0.923. The number of aliphatic hydroxyl groups excluding tert-OH is 1. The normalized spacial score (nSPS) is 45.6. The van der Waals surface area contributed by atoms with E-state index in [2.05, 4.69) is 13.8 Å². The minimum absolute atomic E-state index is 0.0331. The van der Waals surface area contributed by atoms with Crippen molar-refractivity contribution in [3.05, 3.63) is 0 Å². The molecular weight excluding hydrogens is 376 g/mol. The lowest BCUT2D eigenvalue weighted by molar-refractivity contribution is -0.167. The van der Waals surface area contributed by atoms with Crippen LogP contribution in [0.5, 0.6) is 0 Å². The molecule has 4 heteroatoms. The van der Waals surface area contributed by atoms with Crippen molar-refractivity contribution in [1.29, 1.82) is 0 Å². The molecule has 8 atom stereocenters. The van der Waals surface area contributed by atoms with Gasteiger partial charge in [-0.05, 0) is 106 Å². The smallest absolute Gasteiger partial charge is 0.306 e. The summed E-state index contributed by atoms with van der Waals surface area (Å²) in [7, 11) is 0. The highest BCUT2D eigenvalue weighted by Crippen LogP contribution is 2.67. The van der Waals surface area contributed by atoms with Crippen LogP contribution in [0.25, 0.3) is 0 Å². The van der Waals surface area contributed by atoms with Crippen molar-refractivity contribution in [3.8, 4) is 0 Å². The molecule has 0 aromatic rings. The minimum atomic E-state index is -0.247. The number of ketones is 1. The maximum absolute atomic E-state index is 12.1. The average molecular weight is 419 g/mol. The Morgan fingerprint density at radius 3 is 2.60 bits per heavy atom. The van der Waals surface area contributed by atoms with Gasteiger partial charge in [0, 0.05) is 19.3 Å². The zero-order valence-electron chi connectivity index (χ0n) is 19.5. The Kier molecular flexibility index (Phi) is 6.11. The molecule has 4 fully saturated rings. The summed E-state index contributed by atoms with van der Waals surface area (Å²) in [5.41, 5.74) is 0.523. The second-order valence-corrected chi connectivity index (χ2v) is 11.8. The number of ether oxygens (including phenoxy) is 1. The number of carbonyl (C=O) groups is 2. The highest BCUT2D eigenvalue weighted by atomic mass is 16.5. The van der Waals surface area contributed by atoms with Crippen LogP contribution in [0.3, 0.4) is 0 Å². The lowest BCUT2D eigenvalue weighted by Gasteiger charge is -2.61. The lowest BCUT2D eigenvalue weighted by Crippen LogP contribution is -2.58. The quantitative estimate of drug-likeness (QED) is 0.615. The first kappa shape index (κ1) is 22.3. The summed E-state index contributed by atoms with van der Waals surface area (Å²) in [6.07, 6.45) is 10.4. The third kappa shape index (κ3) is 3.76. The van der Waals surface area contributed by atoms with Gasteiger partial charge in [0.2, 0.25) is 0 Å². The van der Waals surface area contributed by atoms with Crippen LogP contribution in [0.4, 0.5) is 0 Å². The molecule has 4 aliphatic carbocycles. The zero-order valence-corrected chi connectivity index (χ0v) is 19.5. The van der Waals surface area contributed by atoms with Crippen LogP contribution < -0.4 is 0 Å². The van der Waals surface area contributed by atoms with Crippen molar-refractivity contribution in [3.63, 3.8) is 0 Å². The molecule has 4 saturated carbocycles. The number of esters is 1. The molecule has 0 heterocycles. The minimum Gasteiger partial charge on any atom is -0.463 e. The number of hydrogen-bond donors (Lipinski definition) is 1. The molecule has 5 unspecified atom stereocenters. The second kappa shape index (κ2) is 8.22. The van der Waals surface area contributed by atoms with Crippen LogP contribution in [0.15, 0.2) is 0 Å². The Balaban J connectivity index is 1.44. The summed E-state index contributed by atoms with van der Waals surface area (Å²) in [5, 5.41) is 11.3. The number of Topliss-reactive ketones (excluding diaryl/α,β-unsaturated/α-hetero) is 1. The summed E-state index contributed by atoms with van der Waals surface area (Å²) < 4.78 is 5.30. The molecular formula is C26H42O4. The van der Waals surface area contributed by atoms with Crippen molar-refractivity contribution >= 4 is 11.8 Å². The molecule has 0 spiro atoms. The molecule has 170 valence electrons. The van der Waals surface area contributed by atoms with E-state index in [9.17, 15) is 14.7 Å². The first-order valence-electron chi connectivity index (χ1n) is 12.5. The average Bonchev–Trinajstić information content (AvgIpc) is 2.99. The van der Waals surface area contributed by atoms with Gasteiger partial charge in [-0.25, -0.2) is 0 Å². The lowest BCUT2D eigenvalue weighted by atomic mass is 9.44. The highest BCUT2D eigenvalue weighted by Gasteiger charge is 2.62. The van der Waals surface area contributed by atoms with E-state index >= 15 is 0 Å². The topological polar surface area (TPSA) is 63.6 Å². The summed E-state index contributed by atoms with van der Waals surface area (Å²) >= 11 is 0. The van der Waals surface area contributed by atoms with E-state index < -0.39 is 0 Å². The van der Waals surface area contributed by atoms with E-state index in [1.807, 2.05) is 13.8 Å². The van der Waals surface area contributed by atoms with Crippen LogP contribution >= 0.6 is 0 Å². The number of aliphatic hydroxyl groups is 1. The number of hydrogen-bond acceptors (Lipinski definition) is 4. The Hall–Kier alpha value is -0.900.